The number of rotatable bonds is 8. The van der Waals surface area contributed by atoms with Crippen molar-refractivity contribution in [1.82, 2.24) is 9.88 Å². The number of hydrogen-bond acceptors (Lipinski definition) is 10. The lowest BCUT2D eigenvalue weighted by molar-refractivity contribution is -0.394. The van der Waals surface area contributed by atoms with Crippen LogP contribution in [0.3, 0.4) is 0 Å². The van der Waals surface area contributed by atoms with Gasteiger partial charge in [-0.3, -0.25) is 34.8 Å². The second kappa shape index (κ2) is 10.1. The number of morpholine rings is 1. The highest BCUT2D eigenvalue weighted by Crippen LogP contribution is 2.33. The summed E-state index contributed by atoms with van der Waals surface area (Å²) < 4.78 is 11.4. The maximum Gasteiger partial charge on any atom is 0.277 e. The molecule has 13 heteroatoms. The van der Waals surface area contributed by atoms with Gasteiger partial charge in [0.1, 0.15) is 5.75 Å². The van der Waals surface area contributed by atoms with Crippen LogP contribution in [0.4, 0.5) is 16.5 Å². The summed E-state index contributed by atoms with van der Waals surface area (Å²) in [6.45, 7) is 3.36. The van der Waals surface area contributed by atoms with Gasteiger partial charge in [-0.05, 0) is 12.1 Å². The van der Waals surface area contributed by atoms with Crippen LogP contribution in [0.1, 0.15) is 10.4 Å². The number of nitro benzene ring substituents is 2. The highest BCUT2D eigenvalue weighted by molar-refractivity contribution is 7.22. The normalized spacial score (nSPS) is 14.1. The topological polar surface area (TPSA) is 141 Å². The third-order valence-electron chi connectivity index (χ3n) is 5.37. The zero-order chi connectivity index (χ0) is 24.2. The van der Waals surface area contributed by atoms with E-state index in [-0.39, 0.29) is 12.1 Å². The molecule has 0 bridgehead atoms. The second-order valence-corrected chi connectivity index (χ2v) is 8.50. The summed E-state index contributed by atoms with van der Waals surface area (Å²) in [6, 6.07) is 8.30. The summed E-state index contributed by atoms with van der Waals surface area (Å²) in [5.74, 6) is 0.0101. The van der Waals surface area contributed by atoms with Gasteiger partial charge in [0.15, 0.2) is 5.13 Å². The van der Waals surface area contributed by atoms with Crippen LogP contribution in [0.25, 0.3) is 10.2 Å². The molecule has 0 aliphatic carbocycles. The Balaban J connectivity index is 1.72. The molecule has 0 spiro atoms. The van der Waals surface area contributed by atoms with Crippen molar-refractivity contribution in [3.8, 4) is 5.75 Å². The van der Waals surface area contributed by atoms with Crippen molar-refractivity contribution in [2.24, 2.45) is 0 Å². The first-order chi connectivity index (χ1) is 16.4. The predicted molar refractivity (Wildman–Crippen MR) is 125 cm³/mol. The first kappa shape index (κ1) is 23.5. The molecule has 0 atom stereocenters. The molecular weight excluding hydrogens is 466 g/mol. The minimum atomic E-state index is -0.758. The molecule has 0 radical (unpaired) electrons. The number of non-ortho nitro benzene ring substituents is 2. The van der Waals surface area contributed by atoms with Crippen molar-refractivity contribution < 1.29 is 24.1 Å². The number of anilines is 1. The molecule has 1 saturated heterocycles. The smallest absolute Gasteiger partial charge is 0.277 e. The van der Waals surface area contributed by atoms with Gasteiger partial charge in [-0.2, -0.15) is 0 Å². The molecule has 34 heavy (non-hydrogen) atoms. The third kappa shape index (κ3) is 5.11. The molecule has 0 saturated carbocycles. The minimum Gasteiger partial charge on any atom is -0.497 e. The molecule has 1 aliphatic heterocycles. The highest BCUT2D eigenvalue weighted by Gasteiger charge is 2.27. The van der Waals surface area contributed by atoms with Gasteiger partial charge in [-0.1, -0.05) is 11.3 Å². The van der Waals surface area contributed by atoms with Gasteiger partial charge in [0.25, 0.3) is 17.3 Å². The molecule has 1 fully saturated rings. The van der Waals surface area contributed by atoms with E-state index in [4.69, 9.17) is 9.47 Å². The summed E-state index contributed by atoms with van der Waals surface area (Å²) in [6.07, 6.45) is 0. The van der Waals surface area contributed by atoms with Gasteiger partial charge in [-0.25, -0.2) is 4.98 Å². The Kier molecular flexibility index (Phi) is 6.95. The average Bonchev–Trinajstić information content (AvgIpc) is 3.27. The predicted octanol–water partition coefficient (Wildman–Crippen LogP) is 3.10. The van der Waals surface area contributed by atoms with Crippen LogP contribution < -0.4 is 9.64 Å². The van der Waals surface area contributed by atoms with Crippen LogP contribution in [0.2, 0.25) is 0 Å². The Hall–Kier alpha value is -3.68. The molecule has 1 aromatic heterocycles. The van der Waals surface area contributed by atoms with Crippen molar-refractivity contribution in [2.75, 3.05) is 51.4 Å². The number of amides is 1. The Labute approximate surface area is 197 Å². The van der Waals surface area contributed by atoms with E-state index in [2.05, 4.69) is 9.88 Å². The molecule has 12 nitrogen and oxygen atoms in total. The van der Waals surface area contributed by atoms with E-state index in [1.807, 2.05) is 6.07 Å². The van der Waals surface area contributed by atoms with Gasteiger partial charge in [0.2, 0.25) is 0 Å². The van der Waals surface area contributed by atoms with Crippen LogP contribution in [-0.2, 0) is 4.74 Å². The number of fused-ring (bicyclic) bond motifs is 1. The highest BCUT2D eigenvalue weighted by atomic mass is 32.1. The Morgan fingerprint density at radius 1 is 1.15 bits per heavy atom. The summed E-state index contributed by atoms with van der Waals surface area (Å²) in [5.41, 5.74) is -0.576. The standard InChI is InChI=1S/C21H21N5O7S/c1-32-17-2-3-19-18(13-17)22-21(34-19)24(5-4-23-6-8-33-9-7-23)20(27)14-10-15(25(28)29)12-16(11-14)26(30)31/h2-3,10-13H,4-9H2,1H3. The lowest BCUT2D eigenvalue weighted by Crippen LogP contribution is -2.43. The fourth-order valence-corrected chi connectivity index (χ4v) is 4.54. The molecule has 3 aromatic rings. The van der Waals surface area contributed by atoms with Gasteiger partial charge in [0.05, 0.1) is 52.0 Å². The molecule has 0 N–H and O–H groups in total. The third-order valence-corrected chi connectivity index (χ3v) is 6.43. The number of ether oxygens (including phenoxy) is 2. The number of hydrogen-bond donors (Lipinski definition) is 0. The quantitative estimate of drug-likeness (QED) is 0.346. The van der Waals surface area contributed by atoms with Crippen LogP contribution >= 0.6 is 11.3 Å². The van der Waals surface area contributed by atoms with Gasteiger partial charge >= 0.3 is 0 Å². The molecular formula is C21H21N5O7S. The van der Waals surface area contributed by atoms with E-state index in [1.165, 1.54) is 16.2 Å². The fraction of sp³-hybridized carbons (Fsp3) is 0.333. The lowest BCUT2D eigenvalue weighted by atomic mass is 10.1. The van der Waals surface area contributed by atoms with Crippen molar-refractivity contribution >= 4 is 44.0 Å². The largest absolute Gasteiger partial charge is 0.497 e. The summed E-state index contributed by atoms with van der Waals surface area (Å²) >= 11 is 1.28. The summed E-state index contributed by atoms with van der Waals surface area (Å²) in [4.78, 5) is 42.8. The lowest BCUT2D eigenvalue weighted by Gasteiger charge is -2.29. The molecule has 4 rings (SSSR count). The Bertz CT molecular complexity index is 1210. The molecule has 1 aliphatic rings. The molecule has 0 unspecified atom stereocenters. The van der Waals surface area contributed by atoms with Crippen molar-refractivity contribution in [3.63, 3.8) is 0 Å². The summed E-state index contributed by atoms with van der Waals surface area (Å²) in [5, 5.41) is 23.0. The van der Waals surface area contributed by atoms with Crippen LogP contribution in [0, 0.1) is 20.2 Å². The fourth-order valence-electron chi connectivity index (χ4n) is 3.57. The van der Waals surface area contributed by atoms with Gasteiger partial charge in [0, 0.05) is 44.4 Å². The monoisotopic (exact) mass is 487 g/mol. The van der Waals surface area contributed by atoms with E-state index in [9.17, 15) is 25.0 Å². The van der Waals surface area contributed by atoms with Crippen molar-refractivity contribution in [2.45, 2.75) is 0 Å². The number of benzene rings is 2. The van der Waals surface area contributed by atoms with Crippen molar-refractivity contribution in [1.29, 1.82) is 0 Å². The first-order valence-electron chi connectivity index (χ1n) is 10.4. The molecule has 2 aromatic carbocycles. The number of methoxy groups -OCH3 is 1. The minimum absolute atomic E-state index is 0.153. The van der Waals surface area contributed by atoms with E-state index >= 15 is 0 Å². The number of aromatic nitrogens is 1. The van der Waals surface area contributed by atoms with E-state index < -0.39 is 27.1 Å². The second-order valence-electron chi connectivity index (χ2n) is 7.49. The van der Waals surface area contributed by atoms with E-state index in [1.54, 1.807) is 19.2 Å². The van der Waals surface area contributed by atoms with E-state index in [0.717, 1.165) is 22.9 Å². The Morgan fingerprint density at radius 2 is 1.82 bits per heavy atom. The number of nitro groups is 2. The average molecular weight is 487 g/mol. The number of carbonyl (C=O) groups is 1. The zero-order valence-electron chi connectivity index (χ0n) is 18.2. The van der Waals surface area contributed by atoms with Crippen molar-refractivity contribution in [3.05, 3.63) is 62.2 Å². The summed E-state index contributed by atoms with van der Waals surface area (Å²) in [7, 11) is 1.54. The number of carbonyl (C=O) groups excluding carboxylic acids is 1. The van der Waals surface area contributed by atoms with Crippen LogP contribution in [-0.4, -0.2) is 72.1 Å². The number of nitrogens with zero attached hydrogens (tertiary/aromatic N) is 5. The van der Waals surface area contributed by atoms with Gasteiger partial charge < -0.3 is 9.47 Å². The SMILES string of the molecule is COc1ccc2sc(N(CCN3CCOCC3)C(=O)c3cc([N+](=O)[O-])cc([N+](=O)[O-])c3)nc2c1. The Morgan fingerprint density at radius 3 is 2.44 bits per heavy atom. The van der Waals surface area contributed by atoms with Crippen LogP contribution in [0.5, 0.6) is 5.75 Å². The zero-order valence-corrected chi connectivity index (χ0v) is 19.0. The van der Waals surface area contributed by atoms with Gasteiger partial charge in [-0.15, -0.1) is 0 Å². The molecule has 1 amide bonds. The molecule has 178 valence electrons. The van der Waals surface area contributed by atoms with E-state index in [0.29, 0.717) is 49.2 Å². The molecule has 2 heterocycles. The first-order valence-corrected chi connectivity index (χ1v) is 11.2. The maximum atomic E-state index is 13.5. The van der Waals surface area contributed by atoms with Crippen LogP contribution in [0.15, 0.2) is 36.4 Å². The maximum absolute atomic E-state index is 13.5. The number of thiazole rings is 1.